The number of fused-ring (bicyclic) bond motifs is 1. The third kappa shape index (κ3) is 10.7. The van der Waals surface area contributed by atoms with Crippen LogP contribution >= 0.6 is 0 Å². The first-order valence-electron chi connectivity index (χ1n) is 15.2. The summed E-state index contributed by atoms with van der Waals surface area (Å²) in [5, 5.41) is 27.6. The van der Waals surface area contributed by atoms with Gasteiger partial charge in [-0.3, -0.25) is 19.8 Å². The minimum atomic E-state index is -1.00. The lowest BCUT2D eigenvalue weighted by molar-refractivity contribution is -0.166. The zero-order valence-corrected chi connectivity index (χ0v) is 25.8. The number of nitrogens with two attached hydrogens (primary N) is 2. The summed E-state index contributed by atoms with van der Waals surface area (Å²) in [5.41, 5.74) is 11.0. The van der Waals surface area contributed by atoms with Crippen LogP contribution in [0, 0.1) is 34.5 Å². The molecule has 0 amide bonds. The molecule has 1 aliphatic heterocycles. The first kappa shape index (κ1) is 35.3. The molecule has 11 nitrogen and oxygen atoms in total. The van der Waals surface area contributed by atoms with E-state index in [2.05, 4.69) is 37.4 Å². The molecule has 3 aliphatic rings. The number of rotatable bonds is 11. The summed E-state index contributed by atoms with van der Waals surface area (Å²) in [6.07, 6.45) is 10.6. The fourth-order valence-corrected chi connectivity index (χ4v) is 5.75. The lowest BCUT2D eigenvalue weighted by Gasteiger charge is -2.44. The van der Waals surface area contributed by atoms with Crippen molar-refractivity contribution in [3.63, 3.8) is 0 Å². The number of hydrogen-bond donors (Lipinski definition) is 6. The van der Waals surface area contributed by atoms with Gasteiger partial charge in [0.05, 0.1) is 17.9 Å². The van der Waals surface area contributed by atoms with Gasteiger partial charge in [-0.1, -0.05) is 39.0 Å². The van der Waals surface area contributed by atoms with E-state index in [1.807, 2.05) is 20.8 Å². The fourth-order valence-electron chi connectivity index (χ4n) is 5.75. The van der Waals surface area contributed by atoms with E-state index in [4.69, 9.17) is 31.5 Å². The van der Waals surface area contributed by atoms with Gasteiger partial charge >= 0.3 is 17.9 Å². The van der Waals surface area contributed by atoms with Crippen LogP contribution in [0.5, 0.6) is 0 Å². The van der Waals surface area contributed by atoms with Gasteiger partial charge in [0.25, 0.3) is 0 Å². The molecule has 0 saturated carbocycles. The second-order valence-corrected chi connectivity index (χ2v) is 12.7. The first-order chi connectivity index (χ1) is 19.6. The molecule has 238 valence electrons. The standard InChI is InChI=1S/C25H38O5.C6H14N4O2/c1-6-25(4,5)24(28)30-21-12-15(2)11-17-8-7-16(3)20(23(17)21)10-9-19-13-18(26)14-22(27)29-19;7-4(5(11)12)2-1-3-10-6(8)9/h7-8,11,15-16,18-21,23,26H,6,9-10,12-14H2,1-5H3;4H,1-3,7H2,(H,11,12)(H4,8,9,10)/t15-,16-,18+,19+,20-,21-,23-;4-/m00/s1. The Labute approximate surface area is 250 Å². The van der Waals surface area contributed by atoms with Gasteiger partial charge in [0.1, 0.15) is 18.2 Å². The molecule has 0 spiro atoms. The number of hydrogen-bond acceptors (Lipinski definition) is 8. The molecular weight excluding hydrogens is 540 g/mol. The van der Waals surface area contributed by atoms with E-state index in [0.29, 0.717) is 43.6 Å². The maximum atomic E-state index is 12.9. The van der Waals surface area contributed by atoms with Gasteiger partial charge in [0, 0.05) is 18.9 Å². The number of allylic oxidation sites excluding steroid dienone is 3. The molecule has 0 unspecified atom stereocenters. The summed E-state index contributed by atoms with van der Waals surface area (Å²) in [4.78, 5) is 34.8. The van der Waals surface area contributed by atoms with Crippen LogP contribution in [-0.2, 0) is 23.9 Å². The van der Waals surface area contributed by atoms with Crippen molar-refractivity contribution in [2.45, 2.75) is 110 Å². The van der Waals surface area contributed by atoms with Crippen LogP contribution in [0.4, 0.5) is 0 Å². The zero-order chi connectivity index (χ0) is 31.6. The Morgan fingerprint density at radius 1 is 1.26 bits per heavy atom. The monoisotopic (exact) mass is 592 g/mol. The normalized spacial score (nSPS) is 29.5. The van der Waals surface area contributed by atoms with Crippen molar-refractivity contribution >= 4 is 23.9 Å². The Morgan fingerprint density at radius 3 is 2.55 bits per heavy atom. The highest BCUT2D eigenvalue weighted by Gasteiger charge is 2.43. The Bertz CT molecular complexity index is 1010. The Kier molecular flexibility index (Phi) is 13.5. The van der Waals surface area contributed by atoms with Gasteiger partial charge in [-0.05, 0) is 75.7 Å². The van der Waals surface area contributed by atoms with Gasteiger partial charge < -0.3 is 36.5 Å². The molecule has 8 atom stereocenters. The number of cyclic esters (lactones) is 1. The average molecular weight is 593 g/mol. The largest absolute Gasteiger partial charge is 0.480 e. The number of ether oxygens (including phenoxy) is 2. The molecule has 11 heteroatoms. The average Bonchev–Trinajstić information content (AvgIpc) is 2.90. The SMILES string of the molecule is CCC(C)(C)C(=O)O[C@H]1C[C@@H](C)C=C2C=C[C@H](C)[C@H](CC[C@@H]3C[C@@H](O)CC(=O)O3)[C@H]21.N=C(N)NCCC[C@H](N)C(=O)O. The molecule has 8 N–H and O–H groups in total. The second kappa shape index (κ2) is 16.1. The van der Waals surface area contributed by atoms with E-state index in [9.17, 15) is 19.5 Å². The number of guanidine groups is 1. The fraction of sp³-hybridized carbons (Fsp3) is 0.742. The van der Waals surface area contributed by atoms with Crippen LogP contribution in [0.15, 0.2) is 23.8 Å². The lowest BCUT2D eigenvalue weighted by Crippen LogP contribution is -2.43. The molecule has 0 radical (unpaired) electrons. The molecule has 0 aromatic heterocycles. The van der Waals surface area contributed by atoms with Gasteiger partial charge in [-0.25, -0.2) is 0 Å². The van der Waals surface area contributed by atoms with Crippen molar-refractivity contribution in [3.8, 4) is 0 Å². The number of carbonyl (C=O) groups is 3. The molecule has 2 aliphatic carbocycles. The van der Waals surface area contributed by atoms with Crippen LogP contribution in [-0.4, -0.2) is 65.0 Å². The number of carboxylic acid groups (broad SMARTS) is 1. The molecular formula is C31H52N4O7. The summed E-state index contributed by atoms with van der Waals surface area (Å²) < 4.78 is 11.6. The van der Waals surface area contributed by atoms with Gasteiger partial charge in [0.2, 0.25) is 0 Å². The summed E-state index contributed by atoms with van der Waals surface area (Å²) in [6, 6.07) is -0.821. The predicted molar refractivity (Wildman–Crippen MR) is 160 cm³/mol. The minimum Gasteiger partial charge on any atom is -0.480 e. The number of carboxylic acids is 1. The van der Waals surface area contributed by atoms with Crippen LogP contribution < -0.4 is 16.8 Å². The van der Waals surface area contributed by atoms with E-state index < -0.39 is 23.5 Å². The number of esters is 2. The summed E-state index contributed by atoms with van der Waals surface area (Å²) in [6.45, 7) is 10.8. The van der Waals surface area contributed by atoms with Crippen molar-refractivity contribution in [2.75, 3.05) is 6.54 Å². The molecule has 1 saturated heterocycles. The third-order valence-corrected chi connectivity index (χ3v) is 8.67. The van der Waals surface area contributed by atoms with Crippen molar-refractivity contribution in [1.29, 1.82) is 5.41 Å². The van der Waals surface area contributed by atoms with E-state index in [0.717, 1.165) is 25.7 Å². The Hall–Kier alpha value is -2.92. The molecule has 42 heavy (non-hydrogen) atoms. The van der Waals surface area contributed by atoms with Crippen molar-refractivity contribution in [1.82, 2.24) is 5.32 Å². The van der Waals surface area contributed by atoms with Crippen molar-refractivity contribution in [2.24, 2.45) is 40.6 Å². The van der Waals surface area contributed by atoms with Gasteiger partial charge in [-0.2, -0.15) is 0 Å². The van der Waals surface area contributed by atoms with E-state index in [-0.39, 0.29) is 42.4 Å². The smallest absolute Gasteiger partial charge is 0.320 e. The lowest BCUT2D eigenvalue weighted by atomic mass is 9.65. The highest BCUT2D eigenvalue weighted by atomic mass is 16.6. The van der Waals surface area contributed by atoms with Crippen LogP contribution in [0.25, 0.3) is 0 Å². The molecule has 1 fully saturated rings. The van der Waals surface area contributed by atoms with Crippen LogP contribution in [0.1, 0.15) is 86.0 Å². The number of aliphatic hydroxyl groups is 1. The van der Waals surface area contributed by atoms with Crippen LogP contribution in [0.3, 0.4) is 0 Å². The quantitative estimate of drug-likeness (QED) is 0.0896. The predicted octanol–water partition coefficient (Wildman–Crippen LogP) is 3.25. The van der Waals surface area contributed by atoms with E-state index >= 15 is 0 Å². The zero-order valence-electron chi connectivity index (χ0n) is 25.8. The molecule has 0 aromatic rings. The van der Waals surface area contributed by atoms with Crippen molar-refractivity contribution < 1.29 is 34.1 Å². The topological polar surface area (TPSA) is 198 Å². The number of aliphatic carboxylic acids is 1. The summed E-state index contributed by atoms with van der Waals surface area (Å²) in [7, 11) is 0. The number of carbonyl (C=O) groups excluding carboxylic acids is 2. The van der Waals surface area contributed by atoms with E-state index in [1.165, 1.54) is 5.57 Å². The first-order valence-corrected chi connectivity index (χ1v) is 15.2. The van der Waals surface area contributed by atoms with Gasteiger partial charge in [-0.15, -0.1) is 0 Å². The highest BCUT2D eigenvalue weighted by Crippen LogP contribution is 2.45. The summed E-state index contributed by atoms with van der Waals surface area (Å²) >= 11 is 0. The molecule has 1 heterocycles. The Morgan fingerprint density at radius 2 is 1.95 bits per heavy atom. The molecule has 3 rings (SSSR count). The maximum absolute atomic E-state index is 12.9. The number of nitrogens with one attached hydrogen (secondary N) is 2. The molecule has 0 aromatic carbocycles. The maximum Gasteiger partial charge on any atom is 0.320 e. The summed E-state index contributed by atoms with van der Waals surface area (Å²) in [5.74, 6) is -0.338. The van der Waals surface area contributed by atoms with Crippen LogP contribution in [0.2, 0.25) is 0 Å². The van der Waals surface area contributed by atoms with Gasteiger partial charge in [0.15, 0.2) is 5.96 Å². The second-order valence-electron chi connectivity index (χ2n) is 12.7. The molecule has 0 bridgehead atoms. The third-order valence-electron chi connectivity index (χ3n) is 8.67. The highest BCUT2D eigenvalue weighted by molar-refractivity contribution is 5.76. The number of aliphatic hydroxyl groups excluding tert-OH is 1. The van der Waals surface area contributed by atoms with E-state index in [1.54, 1.807) is 0 Å². The Balaban J connectivity index is 0.000000435. The van der Waals surface area contributed by atoms with Crippen molar-refractivity contribution in [3.05, 3.63) is 23.8 Å². The minimum absolute atomic E-state index is 0.0949.